The normalized spacial score (nSPS) is 18.7. The summed E-state index contributed by atoms with van der Waals surface area (Å²) in [5.74, 6) is -1.22. The Labute approximate surface area is 199 Å². The van der Waals surface area contributed by atoms with Gasteiger partial charge in [-0.25, -0.2) is 0 Å². The monoisotopic (exact) mass is 468 g/mol. The minimum absolute atomic E-state index is 0.0797. The minimum atomic E-state index is -1.32. The molecule has 2 unspecified atom stereocenters. The van der Waals surface area contributed by atoms with Crippen molar-refractivity contribution in [2.24, 2.45) is 5.92 Å². The largest absolute Gasteiger partial charge is 0.394 e. The predicted molar refractivity (Wildman–Crippen MR) is 126 cm³/mol. The average molecular weight is 469 g/mol. The van der Waals surface area contributed by atoms with E-state index in [9.17, 15) is 24.6 Å². The molecule has 3 atom stereocenters. The Morgan fingerprint density at radius 3 is 2.21 bits per heavy atom. The summed E-state index contributed by atoms with van der Waals surface area (Å²) in [7, 11) is 0. The van der Waals surface area contributed by atoms with Gasteiger partial charge in [0.15, 0.2) is 11.4 Å². The molecule has 0 spiro atoms. The van der Waals surface area contributed by atoms with Crippen LogP contribution in [0.15, 0.2) is 54.6 Å². The van der Waals surface area contributed by atoms with E-state index >= 15 is 0 Å². The zero-order chi connectivity index (χ0) is 24.7. The third-order valence-electron chi connectivity index (χ3n) is 5.75. The number of aliphatic hydroxyl groups is 2. The molecule has 8 nitrogen and oxygen atoms in total. The van der Waals surface area contributed by atoms with E-state index in [1.54, 1.807) is 18.2 Å². The Kier molecular flexibility index (Phi) is 8.55. The molecular weight excluding hydrogens is 436 g/mol. The molecule has 182 valence electrons. The number of amides is 2. The van der Waals surface area contributed by atoms with Crippen molar-refractivity contribution < 1.29 is 29.3 Å². The van der Waals surface area contributed by atoms with E-state index in [-0.39, 0.29) is 13.0 Å². The smallest absolute Gasteiger partial charge is 0.252 e. The quantitative estimate of drug-likeness (QED) is 0.345. The topological polar surface area (TPSA) is 128 Å². The number of epoxide rings is 1. The Morgan fingerprint density at radius 2 is 1.62 bits per heavy atom. The lowest BCUT2D eigenvalue weighted by Crippen LogP contribution is -2.56. The lowest BCUT2D eigenvalue weighted by Gasteiger charge is -2.23. The van der Waals surface area contributed by atoms with Gasteiger partial charge in [-0.3, -0.25) is 14.4 Å². The van der Waals surface area contributed by atoms with Gasteiger partial charge >= 0.3 is 0 Å². The summed E-state index contributed by atoms with van der Waals surface area (Å²) in [4.78, 5) is 38.7. The van der Waals surface area contributed by atoms with Crippen LogP contribution in [0.25, 0.3) is 0 Å². The summed E-state index contributed by atoms with van der Waals surface area (Å²) in [5.41, 5.74) is 0.870. The van der Waals surface area contributed by atoms with Crippen molar-refractivity contribution in [3.8, 4) is 0 Å². The van der Waals surface area contributed by atoms with E-state index in [2.05, 4.69) is 24.5 Å². The number of rotatable bonds is 12. The lowest BCUT2D eigenvalue weighted by molar-refractivity contribution is -0.132. The van der Waals surface area contributed by atoms with Gasteiger partial charge in [-0.2, -0.15) is 0 Å². The zero-order valence-electron chi connectivity index (χ0n) is 19.5. The van der Waals surface area contributed by atoms with Gasteiger partial charge in [0.05, 0.1) is 25.9 Å². The average Bonchev–Trinajstić information content (AvgIpc) is 3.63. The highest BCUT2D eigenvalue weighted by Gasteiger charge is 2.54. The number of nitrogens with one attached hydrogen (secondary N) is 2. The number of hydrogen-bond acceptors (Lipinski definition) is 6. The summed E-state index contributed by atoms with van der Waals surface area (Å²) in [6.07, 6.45) is 0.989. The SMILES string of the molecule is CC(C)Cc1cccc(C(=O)N[C@@H](CO)C(=O)NC(Cc2ccccc2)C(=O)C2(CO)CO2)c1. The second-order valence-corrected chi connectivity index (χ2v) is 9.06. The molecule has 0 aromatic heterocycles. The van der Waals surface area contributed by atoms with Crippen molar-refractivity contribution in [1.82, 2.24) is 10.6 Å². The first-order valence-electron chi connectivity index (χ1n) is 11.4. The van der Waals surface area contributed by atoms with Crippen LogP contribution in [0.1, 0.15) is 35.3 Å². The van der Waals surface area contributed by atoms with Crippen molar-refractivity contribution in [1.29, 1.82) is 0 Å². The van der Waals surface area contributed by atoms with Crippen LogP contribution < -0.4 is 10.6 Å². The number of carbonyl (C=O) groups excluding carboxylic acids is 3. The van der Waals surface area contributed by atoms with Gasteiger partial charge in [-0.15, -0.1) is 0 Å². The van der Waals surface area contributed by atoms with E-state index in [0.29, 0.717) is 11.5 Å². The van der Waals surface area contributed by atoms with Gasteiger partial charge in [-0.05, 0) is 42.0 Å². The Balaban J connectivity index is 1.71. The fourth-order valence-corrected chi connectivity index (χ4v) is 3.79. The van der Waals surface area contributed by atoms with Crippen LogP contribution in [0.2, 0.25) is 0 Å². The van der Waals surface area contributed by atoms with E-state index in [1.165, 1.54) is 0 Å². The van der Waals surface area contributed by atoms with Crippen molar-refractivity contribution in [3.05, 3.63) is 71.3 Å². The molecule has 0 radical (unpaired) electrons. The molecule has 8 heteroatoms. The number of hydrogen-bond donors (Lipinski definition) is 4. The van der Waals surface area contributed by atoms with E-state index < -0.39 is 48.5 Å². The number of ether oxygens (including phenoxy) is 1. The maximum atomic E-state index is 13.0. The van der Waals surface area contributed by atoms with Crippen LogP contribution >= 0.6 is 0 Å². The standard InChI is InChI=1S/C26H32N2O6/c1-17(2)11-19-9-6-10-20(12-19)24(32)28-22(14-29)25(33)27-21(13-18-7-4-3-5-8-18)23(31)26(15-30)16-34-26/h3-10,12,17,21-22,29-30H,11,13-16H2,1-2H3,(H,27,33)(H,28,32)/t21?,22-,26?/m0/s1. The van der Waals surface area contributed by atoms with Crippen LogP contribution in [0, 0.1) is 5.92 Å². The molecule has 1 saturated heterocycles. The van der Waals surface area contributed by atoms with Gasteiger partial charge < -0.3 is 25.6 Å². The number of Topliss-reactive ketones (excluding diaryl/α,β-unsaturated/α-hetero) is 1. The Morgan fingerprint density at radius 1 is 0.941 bits per heavy atom. The number of aliphatic hydroxyl groups excluding tert-OH is 2. The molecule has 1 aliphatic rings. The van der Waals surface area contributed by atoms with Gasteiger partial charge in [0, 0.05) is 5.56 Å². The molecule has 1 fully saturated rings. The van der Waals surface area contributed by atoms with Gasteiger partial charge in [-0.1, -0.05) is 56.3 Å². The molecule has 0 bridgehead atoms. The first kappa shape index (κ1) is 25.6. The summed E-state index contributed by atoms with van der Waals surface area (Å²) in [6, 6.07) is 14.0. The molecule has 0 aliphatic carbocycles. The minimum Gasteiger partial charge on any atom is -0.394 e. The molecule has 1 aliphatic heterocycles. The van der Waals surface area contributed by atoms with Gasteiger partial charge in [0.25, 0.3) is 5.91 Å². The van der Waals surface area contributed by atoms with Crippen molar-refractivity contribution in [2.45, 2.75) is 44.4 Å². The van der Waals surface area contributed by atoms with Gasteiger partial charge in [0.2, 0.25) is 5.91 Å². The molecule has 1 heterocycles. The van der Waals surface area contributed by atoms with E-state index in [4.69, 9.17) is 4.74 Å². The van der Waals surface area contributed by atoms with Crippen molar-refractivity contribution in [3.63, 3.8) is 0 Å². The third kappa shape index (κ3) is 6.50. The summed E-state index contributed by atoms with van der Waals surface area (Å²) < 4.78 is 5.19. The van der Waals surface area contributed by atoms with E-state index in [1.807, 2.05) is 36.4 Å². The zero-order valence-corrected chi connectivity index (χ0v) is 19.5. The second-order valence-electron chi connectivity index (χ2n) is 9.06. The first-order valence-corrected chi connectivity index (χ1v) is 11.4. The van der Waals surface area contributed by atoms with Crippen LogP contribution in [0.3, 0.4) is 0 Å². The van der Waals surface area contributed by atoms with E-state index in [0.717, 1.165) is 17.5 Å². The molecule has 3 rings (SSSR count). The second kappa shape index (κ2) is 11.4. The molecule has 4 N–H and O–H groups in total. The molecular formula is C26H32N2O6. The summed E-state index contributed by atoms with van der Waals surface area (Å²) in [5, 5.41) is 24.6. The molecule has 0 saturated carbocycles. The number of carbonyl (C=O) groups is 3. The molecule has 2 aromatic rings. The highest BCUT2D eigenvalue weighted by atomic mass is 16.6. The van der Waals surface area contributed by atoms with Crippen LogP contribution in [-0.4, -0.2) is 65.3 Å². The predicted octanol–water partition coefficient (Wildman–Crippen LogP) is 1.03. The summed E-state index contributed by atoms with van der Waals surface area (Å²) in [6.45, 7) is 3.12. The highest BCUT2D eigenvalue weighted by Crippen LogP contribution is 2.29. The van der Waals surface area contributed by atoms with Crippen LogP contribution in [0.5, 0.6) is 0 Å². The molecule has 34 heavy (non-hydrogen) atoms. The maximum Gasteiger partial charge on any atom is 0.252 e. The lowest BCUT2D eigenvalue weighted by atomic mass is 9.94. The number of benzene rings is 2. The maximum absolute atomic E-state index is 13.0. The van der Waals surface area contributed by atoms with Crippen LogP contribution in [0.4, 0.5) is 0 Å². The van der Waals surface area contributed by atoms with Crippen molar-refractivity contribution >= 4 is 17.6 Å². The third-order valence-corrected chi connectivity index (χ3v) is 5.75. The Bertz CT molecular complexity index is 1000. The number of ketones is 1. The molecule has 2 amide bonds. The Hall–Kier alpha value is -3.07. The van der Waals surface area contributed by atoms with Crippen LogP contribution in [-0.2, 0) is 27.2 Å². The fraction of sp³-hybridized carbons (Fsp3) is 0.423. The molecule has 2 aromatic carbocycles. The fourth-order valence-electron chi connectivity index (χ4n) is 3.79. The summed E-state index contributed by atoms with van der Waals surface area (Å²) >= 11 is 0. The highest BCUT2D eigenvalue weighted by molar-refractivity contribution is 6.00. The van der Waals surface area contributed by atoms with Crippen molar-refractivity contribution in [2.75, 3.05) is 19.8 Å². The first-order chi connectivity index (χ1) is 16.3. The van der Waals surface area contributed by atoms with Gasteiger partial charge in [0.1, 0.15) is 6.04 Å².